The van der Waals surface area contributed by atoms with Crippen LogP contribution in [0.5, 0.6) is 0 Å². The van der Waals surface area contributed by atoms with Gasteiger partial charge in [0.15, 0.2) is 0 Å². The number of rotatable bonds is 5. The quantitative estimate of drug-likeness (QED) is 0.810. The Morgan fingerprint density at radius 2 is 1.84 bits per heavy atom. The first-order valence-corrected chi connectivity index (χ1v) is 9.58. The van der Waals surface area contributed by atoms with Gasteiger partial charge in [0.25, 0.3) is 0 Å². The molecule has 0 saturated carbocycles. The van der Waals surface area contributed by atoms with Crippen LogP contribution in [-0.2, 0) is 11.2 Å². The van der Waals surface area contributed by atoms with E-state index in [4.69, 9.17) is 0 Å². The molecule has 0 unspecified atom stereocenters. The van der Waals surface area contributed by atoms with Crippen molar-refractivity contribution in [2.45, 2.75) is 25.8 Å². The predicted octanol–water partition coefficient (Wildman–Crippen LogP) is 1.53. The summed E-state index contributed by atoms with van der Waals surface area (Å²) in [6, 6.07) is 9.23. The zero-order chi connectivity index (χ0) is 17.8. The molecule has 0 aliphatic carbocycles. The van der Waals surface area contributed by atoms with E-state index in [1.165, 1.54) is 17.7 Å². The Kier molecular flexibility index (Phi) is 5.97. The second kappa shape index (κ2) is 8.19. The molecule has 0 N–H and O–H groups in total. The molecule has 1 atom stereocenters. The minimum absolute atomic E-state index is 0.294. The van der Waals surface area contributed by atoms with Gasteiger partial charge in [-0.05, 0) is 38.6 Å². The lowest BCUT2D eigenvalue weighted by Crippen LogP contribution is -2.51. The van der Waals surface area contributed by atoms with Gasteiger partial charge in [0.2, 0.25) is 5.91 Å². The summed E-state index contributed by atoms with van der Waals surface area (Å²) in [5.41, 5.74) is 2.74. The zero-order valence-corrected chi connectivity index (χ0v) is 15.9. The summed E-state index contributed by atoms with van der Waals surface area (Å²) in [6.45, 7) is 8.38. The van der Waals surface area contributed by atoms with Crippen molar-refractivity contribution >= 4 is 11.6 Å². The molecular formula is C20H32N4O. The van der Waals surface area contributed by atoms with Crippen molar-refractivity contribution in [1.29, 1.82) is 0 Å². The molecule has 0 bridgehead atoms. The van der Waals surface area contributed by atoms with Crippen molar-refractivity contribution in [3.8, 4) is 0 Å². The van der Waals surface area contributed by atoms with E-state index in [-0.39, 0.29) is 0 Å². The average molecular weight is 345 g/mol. The number of hydrogen-bond donors (Lipinski definition) is 0. The van der Waals surface area contributed by atoms with E-state index in [9.17, 15) is 4.79 Å². The fraction of sp³-hybridized carbons (Fsp3) is 0.650. The molecule has 138 valence electrons. The van der Waals surface area contributed by atoms with Crippen LogP contribution in [0.25, 0.3) is 0 Å². The average Bonchev–Trinajstić information content (AvgIpc) is 3.10. The van der Waals surface area contributed by atoms with E-state index in [0.717, 1.165) is 45.7 Å². The maximum Gasteiger partial charge on any atom is 0.236 e. The summed E-state index contributed by atoms with van der Waals surface area (Å²) in [4.78, 5) is 21.7. The number of benzene rings is 1. The summed E-state index contributed by atoms with van der Waals surface area (Å²) in [7, 11) is 4.26. The number of amides is 1. The summed E-state index contributed by atoms with van der Waals surface area (Å²) in [5, 5.41) is 0. The molecule has 2 aliphatic heterocycles. The van der Waals surface area contributed by atoms with Gasteiger partial charge < -0.3 is 14.7 Å². The molecule has 2 fully saturated rings. The number of nitrogens with zero attached hydrogens (tertiary/aromatic N) is 4. The molecule has 0 spiro atoms. The normalized spacial score (nSPS) is 22.0. The van der Waals surface area contributed by atoms with E-state index in [0.29, 0.717) is 18.5 Å². The largest absolute Gasteiger partial charge is 0.368 e. The lowest BCUT2D eigenvalue weighted by molar-refractivity contribution is -0.132. The highest BCUT2D eigenvalue weighted by Gasteiger charge is 2.28. The maximum atomic E-state index is 12.6. The Hall–Kier alpha value is -1.59. The van der Waals surface area contributed by atoms with Crippen molar-refractivity contribution in [2.75, 3.05) is 64.8 Å². The summed E-state index contributed by atoms with van der Waals surface area (Å²) < 4.78 is 0. The second-order valence-corrected chi connectivity index (χ2v) is 7.49. The Labute approximate surface area is 152 Å². The van der Waals surface area contributed by atoms with E-state index in [1.807, 2.05) is 4.90 Å². The summed E-state index contributed by atoms with van der Waals surface area (Å²) >= 11 is 0. The molecule has 25 heavy (non-hydrogen) atoms. The topological polar surface area (TPSA) is 30.0 Å². The van der Waals surface area contributed by atoms with Crippen molar-refractivity contribution in [2.24, 2.45) is 0 Å². The maximum absolute atomic E-state index is 12.6. The SMILES string of the molecule is CCc1ccccc1N1CCN(C(=O)CN2CC[C@H](N(C)C)C2)CC1. The standard InChI is InChI=1S/C20H32N4O/c1-4-17-7-5-6-8-19(17)23-11-13-24(14-12-23)20(25)16-22-10-9-18(15-22)21(2)3/h5-8,18H,4,9-16H2,1-3H3/t18-/m0/s1. The van der Waals surface area contributed by atoms with Crippen LogP contribution < -0.4 is 4.90 Å². The van der Waals surface area contributed by atoms with Crippen molar-refractivity contribution < 1.29 is 4.79 Å². The molecule has 0 radical (unpaired) electrons. The number of likely N-dealkylation sites (N-methyl/N-ethyl adjacent to an activating group) is 1. The zero-order valence-electron chi connectivity index (χ0n) is 15.9. The molecule has 1 aromatic carbocycles. The smallest absolute Gasteiger partial charge is 0.236 e. The summed E-state index contributed by atoms with van der Waals surface area (Å²) in [6.07, 6.45) is 2.22. The van der Waals surface area contributed by atoms with E-state index in [1.54, 1.807) is 0 Å². The second-order valence-electron chi connectivity index (χ2n) is 7.49. The molecule has 1 amide bonds. The highest BCUT2D eigenvalue weighted by atomic mass is 16.2. The van der Waals surface area contributed by atoms with Gasteiger partial charge in [0.1, 0.15) is 0 Å². The van der Waals surface area contributed by atoms with Crippen molar-refractivity contribution in [3.05, 3.63) is 29.8 Å². The minimum atomic E-state index is 0.294. The third kappa shape index (κ3) is 4.33. The van der Waals surface area contributed by atoms with Gasteiger partial charge in [-0.1, -0.05) is 25.1 Å². The molecular weight excluding hydrogens is 312 g/mol. The number of hydrogen-bond acceptors (Lipinski definition) is 4. The Morgan fingerprint density at radius 3 is 2.48 bits per heavy atom. The van der Waals surface area contributed by atoms with Crippen LogP contribution in [0.2, 0.25) is 0 Å². The number of para-hydroxylation sites is 1. The minimum Gasteiger partial charge on any atom is -0.368 e. The molecule has 2 aliphatic rings. The van der Waals surface area contributed by atoms with Gasteiger partial charge >= 0.3 is 0 Å². The molecule has 5 nitrogen and oxygen atoms in total. The Morgan fingerprint density at radius 1 is 1.12 bits per heavy atom. The highest BCUT2D eigenvalue weighted by molar-refractivity contribution is 5.78. The van der Waals surface area contributed by atoms with E-state index < -0.39 is 0 Å². The number of carbonyl (C=O) groups is 1. The van der Waals surface area contributed by atoms with Crippen molar-refractivity contribution in [3.63, 3.8) is 0 Å². The fourth-order valence-electron chi connectivity index (χ4n) is 3.98. The first-order chi connectivity index (χ1) is 12.1. The first kappa shape index (κ1) is 18.2. The van der Waals surface area contributed by atoms with Gasteiger partial charge in [0, 0.05) is 51.0 Å². The number of anilines is 1. The van der Waals surface area contributed by atoms with Crippen LogP contribution in [0.1, 0.15) is 18.9 Å². The van der Waals surface area contributed by atoms with Crippen LogP contribution in [0.3, 0.4) is 0 Å². The lowest BCUT2D eigenvalue weighted by Gasteiger charge is -2.37. The first-order valence-electron chi connectivity index (χ1n) is 9.58. The number of piperazine rings is 1. The number of likely N-dealkylation sites (tertiary alicyclic amines) is 1. The predicted molar refractivity (Wildman–Crippen MR) is 103 cm³/mol. The summed E-state index contributed by atoms with van der Waals surface area (Å²) in [5.74, 6) is 0.294. The third-order valence-electron chi connectivity index (χ3n) is 5.68. The fourth-order valence-corrected chi connectivity index (χ4v) is 3.98. The van der Waals surface area contributed by atoms with Gasteiger partial charge in [-0.3, -0.25) is 9.69 Å². The highest BCUT2D eigenvalue weighted by Crippen LogP contribution is 2.22. The van der Waals surface area contributed by atoms with Gasteiger partial charge in [-0.25, -0.2) is 0 Å². The Bertz CT molecular complexity index is 581. The van der Waals surface area contributed by atoms with E-state index >= 15 is 0 Å². The molecule has 3 rings (SSSR count). The van der Waals surface area contributed by atoms with Gasteiger partial charge in [-0.15, -0.1) is 0 Å². The van der Waals surface area contributed by atoms with Crippen LogP contribution in [-0.4, -0.2) is 86.6 Å². The van der Waals surface area contributed by atoms with Crippen LogP contribution in [0, 0.1) is 0 Å². The molecule has 1 aromatic rings. The van der Waals surface area contributed by atoms with Crippen molar-refractivity contribution in [1.82, 2.24) is 14.7 Å². The van der Waals surface area contributed by atoms with E-state index in [2.05, 4.69) is 60.0 Å². The monoisotopic (exact) mass is 344 g/mol. The van der Waals surface area contributed by atoms with Gasteiger partial charge in [0.05, 0.1) is 6.54 Å². The Balaban J connectivity index is 1.50. The molecule has 2 saturated heterocycles. The van der Waals surface area contributed by atoms with Crippen LogP contribution >= 0.6 is 0 Å². The van der Waals surface area contributed by atoms with Crippen LogP contribution in [0.4, 0.5) is 5.69 Å². The number of carbonyl (C=O) groups excluding carboxylic acids is 1. The molecule has 5 heteroatoms. The molecule has 2 heterocycles. The number of aryl methyl sites for hydroxylation is 1. The third-order valence-corrected chi connectivity index (χ3v) is 5.68. The molecule has 0 aromatic heterocycles. The lowest BCUT2D eigenvalue weighted by atomic mass is 10.1. The van der Waals surface area contributed by atoms with Crippen LogP contribution in [0.15, 0.2) is 24.3 Å². The van der Waals surface area contributed by atoms with Gasteiger partial charge in [-0.2, -0.15) is 0 Å².